The van der Waals surface area contributed by atoms with Gasteiger partial charge in [-0.1, -0.05) is 30.4 Å². The van der Waals surface area contributed by atoms with Crippen LogP contribution in [0.15, 0.2) is 72.9 Å². The van der Waals surface area contributed by atoms with Gasteiger partial charge in [-0.25, -0.2) is 0 Å². The van der Waals surface area contributed by atoms with Gasteiger partial charge in [-0.05, 0) is 54.7 Å². The van der Waals surface area contributed by atoms with Gasteiger partial charge in [-0.3, -0.25) is 24.3 Å². The number of aromatic nitrogens is 1. The highest BCUT2D eigenvalue weighted by Crippen LogP contribution is 2.53. The van der Waals surface area contributed by atoms with Gasteiger partial charge in [0.05, 0.1) is 28.7 Å². The van der Waals surface area contributed by atoms with Crippen molar-refractivity contribution in [2.45, 2.75) is 6.42 Å². The van der Waals surface area contributed by atoms with Crippen molar-refractivity contribution in [2.24, 2.45) is 23.7 Å². The van der Waals surface area contributed by atoms with Crippen LogP contribution in [-0.4, -0.2) is 22.7 Å². The average Bonchev–Trinajstić information content (AvgIpc) is 3.48. The van der Waals surface area contributed by atoms with Crippen molar-refractivity contribution >= 4 is 40.0 Å². The molecule has 2 aliphatic carbocycles. The number of rotatable bonds is 3. The Morgan fingerprint density at radius 3 is 2.29 bits per heavy atom. The largest absolute Gasteiger partial charge is 0.320 e. The van der Waals surface area contributed by atoms with Crippen molar-refractivity contribution in [3.8, 4) is 0 Å². The molecule has 2 heterocycles. The second-order valence-electron chi connectivity index (χ2n) is 8.39. The molecule has 2 bridgehead atoms. The molecule has 2 aromatic carbocycles. The third-order valence-electron chi connectivity index (χ3n) is 6.74. The Labute approximate surface area is 178 Å². The summed E-state index contributed by atoms with van der Waals surface area (Å²) in [5.74, 6) is -0.625. The first-order valence-corrected chi connectivity index (χ1v) is 10.4. The number of nitrogens with one attached hydrogen (secondary N) is 1. The molecule has 3 aliphatic rings. The van der Waals surface area contributed by atoms with Crippen molar-refractivity contribution in [1.82, 2.24) is 4.98 Å². The predicted octanol–water partition coefficient (Wildman–Crippen LogP) is 3.80. The Kier molecular flexibility index (Phi) is 3.84. The van der Waals surface area contributed by atoms with E-state index < -0.39 is 0 Å². The molecule has 0 radical (unpaired) electrons. The van der Waals surface area contributed by atoms with Gasteiger partial charge >= 0.3 is 0 Å². The van der Waals surface area contributed by atoms with Crippen molar-refractivity contribution in [3.63, 3.8) is 0 Å². The maximum absolute atomic E-state index is 13.0. The quantitative estimate of drug-likeness (QED) is 0.527. The minimum absolute atomic E-state index is 0.120. The number of imide groups is 1. The van der Waals surface area contributed by atoms with Crippen LogP contribution in [0.3, 0.4) is 0 Å². The van der Waals surface area contributed by atoms with E-state index in [1.165, 1.54) is 4.90 Å². The van der Waals surface area contributed by atoms with E-state index in [1.807, 2.05) is 30.3 Å². The number of carbonyl (C=O) groups is 3. The van der Waals surface area contributed by atoms with E-state index >= 15 is 0 Å². The van der Waals surface area contributed by atoms with Crippen LogP contribution in [0.1, 0.15) is 16.8 Å². The lowest BCUT2D eigenvalue weighted by Gasteiger charge is -2.17. The first kappa shape index (κ1) is 18.0. The number of allylic oxidation sites excluding steroid dienone is 2. The molecule has 152 valence electrons. The van der Waals surface area contributed by atoms with E-state index in [0.29, 0.717) is 16.9 Å². The highest BCUT2D eigenvalue weighted by molar-refractivity contribution is 6.23. The lowest BCUT2D eigenvalue weighted by atomic mass is 9.85. The monoisotopic (exact) mass is 409 g/mol. The summed E-state index contributed by atoms with van der Waals surface area (Å²) in [5.41, 5.74) is 2.32. The molecule has 3 aromatic rings. The van der Waals surface area contributed by atoms with Gasteiger partial charge in [0, 0.05) is 17.1 Å². The molecule has 3 amide bonds. The molecule has 1 aliphatic heterocycles. The predicted molar refractivity (Wildman–Crippen MR) is 116 cm³/mol. The number of anilines is 2. The minimum Gasteiger partial charge on any atom is -0.320 e. The Bertz CT molecular complexity index is 1250. The summed E-state index contributed by atoms with van der Waals surface area (Å²) in [7, 11) is 0. The first-order chi connectivity index (χ1) is 15.1. The van der Waals surface area contributed by atoms with Crippen LogP contribution in [0.2, 0.25) is 0 Å². The number of benzene rings is 2. The van der Waals surface area contributed by atoms with Crippen molar-refractivity contribution in [1.29, 1.82) is 0 Å². The van der Waals surface area contributed by atoms with Crippen molar-refractivity contribution < 1.29 is 14.4 Å². The van der Waals surface area contributed by atoms with Gasteiger partial charge in [0.2, 0.25) is 11.8 Å². The molecule has 2 fully saturated rings. The molecule has 1 N–H and O–H groups in total. The Balaban J connectivity index is 1.24. The Hall–Kier alpha value is -3.80. The zero-order valence-electron chi connectivity index (χ0n) is 16.6. The van der Waals surface area contributed by atoms with Crippen LogP contribution in [0.4, 0.5) is 11.4 Å². The third-order valence-corrected chi connectivity index (χ3v) is 6.74. The number of para-hydroxylation sites is 1. The number of nitrogens with zero attached hydrogens (tertiary/aromatic N) is 2. The summed E-state index contributed by atoms with van der Waals surface area (Å²) in [5, 5.41) is 3.84. The fourth-order valence-corrected chi connectivity index (χ4v) is 5.32. The molecule has 1 aromatic heterocycles. The molecule has 0 spiro atoms. The molecule has 1 saturated carbocycles. The van der Waals surface area contributed by atoms with Crippen molar-refractivity contribution in [3.05, 3.63) is 78.5 Å². The topological polar surface area (TPSA) is 79.4 Å². The second kappa shape index (κ2) is 6.60. The van der Waals surface area contributed by atoms with Gasteiger partial charge < -0.3 is 5.32 Å². The SMILES string of the molecule is O=C(Nc1cccc2cccnc12)c1ccc(N2C(=O)[C@H]3[C@H](C2=O)[C@H]2C=C[C@@H]3C2)cc1. The summed E-state index contributed by atoms with van der Waals surface area (Å²) in [6.07, 6.45) is 6.75. The fraction of sp³-hybridized carbons (Fsp3) is 0.200. The highest BCUT2D eigenvalue weighted by Gasteiger charge is 2.59. The lowest BCUT2D eigenvalue weighted by molar-refractivity contribution is -0.123. The zero-order valence-corrected chi connectivity index (χ0v) is 16.6. The van der Waals surface area contributed by atoms with Crippen LogP contribution in [-0.2, 0) is 9.59 Å². The number of fused-ring (bicyclic) bond motifs is 6. The van der Waals surface area contributed by atoms with E-state index in [-0.39, 0.29) is 41.4 Å². The highest BCUT2D eigenvalue weighted by atomic mass is 16.2. The lowest BCUT2D eigenvalue weighted by Crippen LogP contribution is -2.32. The summed E-state index contributed by atoms with van der Waals surface area (Å²) < 4.78 is 0. The van der Waals surface area contributed by atoms with Gasteiger partial charge in [0.1, 0.15) is 0 Å². The first-order valence-electron chi connectivity index (χ1n) is 10.4. The average molecular weight is 409 g/mol. The van der Waals surface area contributed by atoms with Crippen LogP contribution >= 0.6 is 0 Å². The maximum Gasteiger partial charge on any atom is 0.255 e. The normalized spacial score (nSPS) is 26.0. The molecule has 4 atom stereocenters. The second-order valence-corrected chi connectivity index (χ2v) is 8.39. The van der Waals surface area contributed by atoms with E-state index in [0.717, 1.165) is 17.3 Å². The molecule has 6 heteroatoms. The van der Waals surface area contributed by atoms with Crippen molar-refractivity contribution in [2.75, 3.05) is 10.2 Å². The Morgan fingerprint density at radius 1 is 0.903 bits per heavy atom. The van der Waals surface area contributed by atoms with E-state index in [9.17, 15) is 14.4 Å². The molecule has 0 unspecified atom stereocenters. The zero-order chi connectivity index (χ0) is 21.1. The third kappa shape index (κ3) is 2.64. The Morgan fingerprint density at radius 2 is 1.58 bits per heavy atom. The standard InChI is InChI=1S/C25H19N3O3/c29-23(27-19-5-1-3-14-4-2-12-26-22(14)19)15-8-10-18(11-9-15)28-24(30)20-16-6-7-17(13-16)21(20)25(28)31/h1-12,16-17,20-21H,13H2,(H,27,29)/t16-,17+,20-,21-/m1/s1. The van der Waals surface area contributed by atoms with Gasteiger partial charge in [-0.15, -0.1) is 0 Å². The van der Waals surface area contributed by atoms with E-state index in [4.69, 9.17) is 0 Å². The number of amides is 3. The molecular formula is C25H19N3O3. The molecule has 6 rings (SSSR count). The summed E-state index contributed by atoms with van der Waals surface area (Å²) in [6, 6.07) is 16.0. The van der Waals surface area contributed by atoms with Crippen LogP contribution in [0, 0.1) is 23.7 Å². The van der Waals surface area contributed by atoms with Gasteiger partial charge in [-0.2, -0.15) is 0 Å². The number of hydrogen-bond acceptors (Lipinski definition) is 4. The molecular weight excluding hydrogens is 390 g/mol. The molecule has 1 saturated heterocycles. The van der Waals surface area contributed by atoms with Crippen LogP contribution in [0.25, 0.3) is 10.9 Å². The fourth-order valence-electron chi connectivity index (χ4n) is 5.32. The summed E-state index contributed by atoms with van der Waals surface area (Å²) in [4.78, 5) is 44.4. The van der Waals surface area contributed by atoms with Gasteiger partial charge in [0.25, 0.3) is 5.91 Å². The van der Waals surface area contributed by atoms with Crippen LogP contribution < -0.4 is 10.2 Å². The number of hydrogen-bond donors (Lipinski definition) is 1. The number of pyridine rings is 1. The molecule has 31 heavy (non-hydrogen) atoms. The minimum atomic E-state index is -0.275. The summed E-state index contributed by atoms with van der Waals surface area (Å²) >= 11 is 0. The van der Waals surface area contributed by atoms with E-state index in [1.54, 1.807) is 30.5 Å². The van der Waals surface area contributed by atoms with E-state index in [2.05, 4.69) is 22.5 Å². The summed E-state index contributed by atoms with van der Waals surface area (Å²) in [6.45, 7) is 0. The number of carbonyl (C=O) groups excluding carboxylic acids is 3. The smallest absolute Gasteiger partial charge is 0.255 e. The van der Waals surface area contributed by atoms with Crippen LogP contribution in [0.5, 0.6) is 0 Å². The molecule has 6 nitrogen and oxygen atoms in total. The maximum atomic E-state index is 13.0. The van der Waals surface area contributed by atoms with Gasteiger partial charge in [0.15, 0.2) is 0 Å².